The lowest BCUT2D eigenvalue weighted by atomic mass is 9.96. The highest BCUT2D eigenvalue weighted by atomic mass is 16.5. The van der Waals surface area contributed by atoms with Gasteiger partial charge < -0.3 is 9.84 Å². The van der Waals surface area contributed by atoms with Gasteiger partial charge in [0, 0.05) is 6.08 Å². The molecule has 0 spiro atoms. The molecule has 0 aromatic heterocycles. The molecule has 0 saturated carbocycles. The van der Waals surface area contributed by atoms with Crippen LogP contribution >= 0.6 is 0 Å². The number of rotatable bonds is 6. The summed E-state index contributed by atoms with van der Waals surface area (Å²) in [6, 6.07) is 16.0. The van der Waals surface area contributed by atoms with Crippen LogP contribution in [0, 0.1) is 6.92 Å². The third-order valence-corrected chi connectivity index (χ3v) is 3.40. The normalized spacial score (nSPS) is 11.9. The Morgan fingerprint density at radius 3 is 2.04 bits per heavy atom. The number of aliphatic carboxylic acids is 1. The van der Waals surface area contributed by atoms with Crippen LogP contribution < -0.4 is 4.74 Å². The van der Waals surface area contributed by atoms with Gasteiger partial charge in [-0.2, -0.15) is 0 Å². The van der Waals surface area contributed by atoms with Crippen molar-refractivity contribution in [2.24, 2.45) is 0 Å². The number of allylic oxidation sites excluding steroid dienone is 2. The van der Waals surface area contributed by atoms with Crippen molar-refractivity contribution in [2.75, 3.05) is 0 Å². The molecule has 0 unspecified atom stereocenters. The number of carbonyl (C=O) groups is 1. The summed E-state index contributed by atoms with van der Waals surface area (Å²) in [4.78, 5) is 10.7. The molecule has 2 aromatic rings. The SMILES string of the molecule is Cc1ccc(/C(=C\C=C\C(=O)O)c2ccc(OC(C)C)cc2)cc1. The highest BCUT2D eigenvalue weighted by Crippen LogP contribution is 2.26. The molecular formula is C21H22O3. The van der Waals surface area contributed by atoms with Crippen LogP contribution in [0.1, 0.15) is 30.5 Å². The predicted molar refractivity (Wildman–Crippen MR) is 97.2 cm³/mol. The van der Waals surface area contributed by atoms with E-state index in [0.717, 1.165) is 28.5 Å². The first-order valence-corrected chi connectivity index (χ1v) is 7.91. The van der Waals surface area contributed by atoms with Crippen molar-refractivity contribution in [3.63, 3.8) is 0 Å². The largest absolute Gasteiger partial charge is 0.491 e. The second-order valence-electron chi connectivity index (χ2n) is 5.83. The first kappa shape index (κ1) is 17.5. The van der Waals surface area contributed by atoms with Crippen LogP contribution in [0.15, 0.2) is 66.8 Å². The molecule has 0 radical (unpaired) electrons. The fraction of sp³-hybridized carbons (Fsp3) is 0.190. The van der Waals surface area contributed by atoms with E-state index in [1.165, 1.54) is 5.56 Å². The third kappa shape index (κ3) is 5.13. The Labute approximate surface area is 142 Å². The predicted octanol–water partition coefficient (Wildman–Crippen LogP) is 4.85. The molecule has 0 fully saturated rings. The van der Waals surface area contributed by atoms with E-state index < -0.39 is 5.97 Å². The van der Waals surface area contributed by atoms with Crippen molar-refractivity contribution in [1.29, 1.82) is 0 Å². The van der Waals surface area contributed by atoms with Gasteiger partial charge in [-0.05, 0) is 49.6 Å². The van der Waals surface area contributed by atoms with Crippen LogP contribution in [0.4, 0.5) is 0 Å². The Kier molecular flexibility index (Phi) is 5.96. The number of hydrogen-bond acceptors (Lipinski definition) is 2. The van der Waals surface area contributed by atoms with Crippen molar-refractivity contribution in [1.82, 2.24) is 0 Å². The van der Waals surface area contributed by atoms with E-state index in [1.807, 2.05) is 75.4 Å². The molecule has 0 heterocycles. The van der Waals surface area contributed by atoms with E-state index in [1.54, 1.807) is 6.08 Å². The zero-order chi connectivity index (χ0) is 17.5. The maximum absolute atomic E-state index is 10.7. The van der Waals surface area contributed by atoms with Gasteiger partial charge in [-0.3, -0.25) is 0 Å². The summed E-state index contributed by atoms with van der Waals surface area (Å²) in [5.41, 5.74) is 4.18. The fourth-order valence-electron chi connectivity index (χ4n) is 2.30. The van der Waals surface area contributed by atoms with Gasteiger partial charge in [0.1, 0.15) is 5.75 Å². The molecule has 1 N–H and O–H groups in total. The van der Waals surface area contributed by atoms with Crippen molar-refractivity contribution in [2.45, 2.75) is 26.9 Å². The molecule has 24 heavy (non-hydrogen) atoms. The van der Waals surface area contributed by atoms with Crippen LogP contribution in [0.2, 0.25) is 0 Å². The maximum atomic E-state index is 10.7. The van der Waals surface area contributed by atoms with E-state index in [9.17, 15) is 4.79 Å². The average Bonchev–Trinajstić information content (AvgIpc) is 2.53. The summed E-state index contributed by atoms with van der Waals surface area (Å²) >= 11 is 0. The molecule has 2 aromatic carbocycles. The van der Waals surface area contributed by atoms with Gasteiger partial charge in [0.15, 0.2) is 0 Å². The standard InChI is InChI=1S/C21H22O3/c1-15(2)24-19-13-11-18(12-14-19)20(5-4-6-21(22)23)17-9-7-16(3)8-10-17/h4-15H,1-3H3,(H,22,23)/b6-4+,20-5+. The van der Waals surface area contributed by atoms with Crippen LogP contribution in [0.3, 0.4) is 0 Å². The Morgan fingerprint density at radius 2 is 1.54 bits per heavy atom. The van der Waals surface area contributed by atoms with Crippen molar-refractivity contribution in [3.05, 3.63) is 83.4 Å². The summed E-state index contributed by atoms with van der Waals surface area (Å²) in [6.07, 6.45) is 4.62. The molecule has 0 aliphatic rings. The zero-order valence-electron chi connectivity index (χ0n) is 14.2. The number of aryl methyl sites for hydroxylation is 1. The Hall–Kier alpha value is -2.81. The summed E-state index contributed by atoms with van der Waals surface area (Å²) in [6.45, 7) is 6.01. The van der Waals surface area contributed by atoms with Gasteiger partial charge in [-0.1, -0.05) is 54.1 Å². The van der Waals surface area contributed by atoms with Gasteiger partial charge in [0.05, 0.1) is 6.10 Å². The van der Waals surface area contributed by atoms with E-state index in [-0.39, 0.29) is 6.10 Å². The van der Waals surface area contributed by atoms with Gasteiger partial charge in [0.2, 0.25) is 0 Å². The first-order valence-electron chi connectivity index (χ1n) is 7.91. The maximum Gasteiger partial charge on any atom is 0.328 e. The van der Waals surface area contributed by atoms with Gasteiger partial charge in [0.25, 0.3) is 0 Å². The molecule has 0 aliphatic heterocycles. The molecule has 124 valence electrons. The lowest BCUT2D eigenvalue weighted by molar-refractivity contribution is -0.131. The van der Waals surface area contributed by atoms with Crippen LogP contribution in [-0.2, 0) is 4.79 Å². The van der Waals surface area contributed by atoms with E-state index >= 15 is 0 Å². The lowest BCUT2D eigenvalue weighted by Crippen LogP contribution is -2.05. The third-order valence-electron chi connectivity index (χ3n) is 3.40. The van der Waals surface area contributed by atoms with Crippen molar-refractivity contribution in [3.8, 4) is 5.75 Å². The quantitative estimate of drug-likeness (QED) is 0.610. The molecular weight excluding hydrogens is 300 g/mol. The molecule has 2 rings (SSSR count). The molecule has 0 bridgehead atoms. The van der Waals surface area contributed by atoms with Crippen molar-refractivity contribution >= 4 is 11.5 Å². The second-order valence-corrected chi connectivity index (χ2v) is 5.83. The van der Waals surface area contributed by atoms with Gasteiger partial charge in [-0.25, -0.2) is 4.79 Å². The van der Waals surface area contributed by atoms with Crippen LogP contribution in [-0.4, -0.2) is 17.2 Å². The number of carboxylic acid groups (broad SMARTS) is 1. The molecule has 0 atom stereocenters. The second kappa shape index (κ2) is 8.16. The van der Waals surface area contributed by atoms with Gasteiger partial charge >= 0.3 is 5.97 Å². The molecule has 3 nitrogen and oxygen atoms in total. The van der Waals surface area contributed by atoms with Gasteiger partial charge in [-0.15, -0.1) is 0 Å². The number of benzene rings is 2. The Bertz CT molecular complexity index is 736. The smallest absolute Gasteiger partial charge is 0.328 e. The highest BCUT2D eigenvalue weighted by Gasteiger charge is 2.06. The molecule has 0 aliphatic carbocycles. The fourth-order valence-corrected chi connectivity index (χ4v) is 2.30. The van der Waals surface area contributed by atoms with E-state index in [2.05, 4.69) is 0 Å². The Morgan fingerprint density at radius 1 is 1.00 bits per heavy atom. The zero-order valence-corrected chi connectivity index (χ0v) is 14.2. The molecule has 0 amide bonds. The summed E-state index contributed by atoms with van der Waals surface area (Å²) in [5, 5.41) is 8.79. The summed E-state index contributed by atoms with van der Waals surface area (Å²) < 4.78 is 5.67. The minimum atomic E-state index is -0.963. The summed E-state index contributed by atoms with van der Waals surface area (Å²) in [7, 11) is 0. The number of hydrogen-bond donors (Lipinski definition) is 1. The number of carboxylic acids is 1. The topological polar surface area (TPSA) is 46.5 Å². The Balaban J connectivity index is 2.38. The monoisotopic (exact) mass is 322 g/mol. The summed E-state index contributed by atoms with van der Waals surface area (Å²) in [5.74, 6) is -0.145. The minimum Gasteiger partial charge on any atom is -0.491 e. The average molecular weight is 322 g/mol. The first-order chi connectivity index (χ1) is 11.5. The highest BCUT2D eigenvalue weighted by molar-refractivity contribution is 5.84. The molecule has 0 saturated heterocycles. The lowest BCUT2D eigenvalue weighted by Gasteiger charge is -2.12. The van der Waals surface area contributed by atoms with E-state index in [4.69, 9.17) is 9.84 Å². The van der Waals surface area contributed by atoms with Crippen LogP contribution in [0.25, 0.3) is 5.57 Å². The van der Waals surface area contributed by atoms with Crippen molar-refractivity contribution < 1.29 is 14.6 Å². The van der Waals surface area contributed by atoms with E-state index in [0.29, 0.717) is 0 Å². The van der Waals surface area contributed by atoms with Crippen LogP contribution in [0.5, 0.6) is 5.75 Å². The number of ether oxygens (including phenoxy) is 1. The minimum absolute atomic E-state index is 0.126. The molecule has 3 heteroatoms.